The minimum absolute atomic E-state index is 0.0104. The van der Waals surface area contributed by atoms with Gasteiger partial charge >= 0.3 is 20.4 Å². The van der Waals surface area contributed by atoms with Crippen molar-refractivity contribution < 1.29 is 33.5 Å². The fourth-order valence-electron chi connectivity index (χ4n) is 3.11. The molecule has 2 atom stereocenters. The first kappa shape index (κ1) is 22.5. The summed E-state index contributed by atoms with van der Waals surface area (Å²) in [5.41, 5.74) is 0.935. The Morgan fingerprint density at radius 1 is 1.00 bits per heavy atom. The van der Waals surface area contributed by atoms with Crippen LogP contribution in [0.3, 0.4) is 0 Å². The number of aliphatic hydroxyl groups is 1. The monoisotopic (exact) mass is 420 g/mol. The molecule has 0 saturated heterocycles. The Balaban J connectivity index is 2.94. The highest BCUT2D eigenvalue weighted by molar-refractivity contribution is 7.25. The van der Waals surface area contributed by atoms with Crippen molar-refractivity contribution in [2.24, 2.45) is 5.92 Å². The largest absolute Gasteiger partial charge is 0.465 e. The van der Waals surface area contributed by atoms with Gasteiger partial charge in [-0.25, -0.2) is 9.59 Å². The van der Waals surface area contributed by atoms with Gasteiger partial charge in [0.15, 0.2) is 0 Å². The summed E-state index contributed by atoms with van der Waals surface area (Å²) < 4.78 is 21.4. The molecule has 2 aliphatic rings. The van der Waals surface area contributed by atoms with Crippen LogP contribution in [0.2, 0.25) is 0 Å². The van der Waals surface area contributed by atoms with Gasteiger partial charge in [-0.15, -0.1) is 0 Å². The molecule has 9 heteroatoms. The van der Waals surface area contributed by atoms with E-state index in [1.54, 1.807) is 13.8 Å². The first-order chi connectivity index (χ1) is 13.6. The lowest BCUT2D eigenvalue weighted by Gasteiger charge is -2.17. The maximum absolute atomic E-state index is 12.5. The van der Waals surface area contributed by atoms with Crippen LogP contribution in [0.4, 0.5) is 5.69 Å². The number of hydrogen-bond donors (Lipinski definition) is 2. The van der Waals surface area contributed by atoms with E-state index in [9.17, 15) is 24.1 Å². The van der Waals surface area contributed by atoms with Crippen LogP contribution in [0.25, 0.3) is 11.1 Å². The number of rotatable bonds is 6. The summed E-state index contributed by atoms with van der Waals surface area (Å²) in [7, 11) is 1.33. The van der Waals surface area contributed by atoms with Gasteiger partial charge in [0, 0.05) is 18.4 Å². The SMILES string of the molecule is COC(=O)c1c2ccc(C(O)([PH+]=O)C(C)C)ccc-2c(C(=O)OC)c1NC(C)=O. The minimum atomic E-state index is -1.60. The van der Waals surface area contributed by atoms with Gasteiger partial charge in [0.1, 0.15) is 0 Å². The number of esters is 2. The molecule has 0 aromatic heterocycles. The number of nitrogens with one attached hydrogen (secondary N) is 1. The third kappa shape index (κ3) is 3.99. The summed E-state index contributed by atoms with van der Waals surface area (Å²) in [5, 5.41) is 11.7. The zero-order chi connectivity index (χ0) is 21.9. The Bertz CT molecular complexity index is 902. The van der Waals surface area contributed by atoms with E-state index >= 15 is 0 Å². The molecule has 0 heterocycles. The first-order valence-corrected chi connectivity index (χ1v) is 9.69. The van der Waals surface area contributed by atoms with Crippen LogP contribution >= 0.6 is 8.46 Å². The zero-order valence-corrected chi connectivity index (χ0v) is 17.8. The third-order valence-corrected chi connectivity index (χ3v) is 5.88. The molecule has 0 aromatic rings. The maximum atomic E-state index is 12.5. The van der Waals surface area contributed by atoms with Crippen LogP contribution in [0.5, 0.6) is 0 Å². The zero-order valence-electron chi connectivity index (χ0n) is 16.8. The maximum Gasteiger partial charge on any atom is 0.364 e. The molecule has 0 spiro atoms. The highest BCUT2D eigenvalue weighted by atomic mass is 31.1. The molecular formula is C20H23NO7P+. The first-order valence-electron chi connectivity index (χ1n) is 8.78. The lowest BCUT2D eigenvalue weighted by Crippen LogP contribution is -2.24. The van der Waals surface area contributed by atoms with Crippen molar-refractivity contribution in [3.63, 3.8) is 0 Å². The molecule has 0 aromatic carbocycles. The summed E-state index contributed by atoms with van der Waals surface area (Å²) >= 11 is 0. The molecule has 0 bridgehead atoms. The predicted octanol–water partition coefficient (Wildman–Crippen LogP) is 3.15. The molecule has 154 valence electrons. The molecule has 2 unspecified atom stereocenters. The van der Waals surface area contributed by atoms with Crippen LogP contribution in [-0.2, 0) is 24.2 Å². The molecule has 1 amide bonds. The van der Waals surface area contributed by atoms with Crippen molar-refractivity contribution >= 4 is 32.0 Å². The fraction of sp³-hybridized carbons (Fsp3) is 0.350. The highest BCUT2D eigenvalue weighted by Gasteiger charge is 2.42. The predicted molar refractivity (Wildman–Crippen MR) is 108 cm³/mol. The van der Waals surface area contributed by atoms with Crippen molar-refractivity contribution in [1.29, 1.82) is 0 Å². The van der Waals surface area contributed by atoms with Gasteiger partial charge in [0.2, 0.25) is 5.91 Å². The number of methoxy groups -OCH3 is 2. The molecule has 29 heavy (non-hydrogen) atoms. The number of anilines is 1. The summed E-state index contributed by atoms with van der Waals surface area (Å²) in [6.45, 7) is 4.70. The highest BCUT2D eigenvalue weighted by Crippen LogP contribution is 2.44. The van der Waals surface area contributed by atoms with Crippen molar-refractivity contribution in [1.82, 2.24) is 0 Å². The van der Waals surface area contributed by atoms with Crippen molar-refractivity contribution in [3.8, 4) is 11.1 Å². The van der Waals surface area contributed by atoms with Gasteiger partial charge in [-0.05, 0) is 11.1 Å². The quantitative estimate of drug-likeness (QED) is 0.544. The fourth-order valence-corrected chi connectivity index (χ4v) is 3.63. The number of carbonyl (C=O) groups is 3. The van der Waals surface area contributed by atoms with E-state index in [4.69, 9.17) is 9.47 Å². The van der Waals surface area contributed by atoms with Crippen LogP contribution in [0.15, 0.2) is 24.3 Å². The molecule has 2 N–H and O–H groups in total. The molecule has 8 nitrogen and oxygen atoms in total. The summed E-state index contributed by atoms with van der Waals surface area (Å²) in [6.07, 6.45) is 0. The number of ether oxygens (including phenoxy) is 2. The van der Waals surface area contributed by atoms with E-state index < -0.39 is 31.6 Å². The van der Waals surface area contributed by atoms with Crippen LogP contribution in [0.1, 0.15) is 47.1 Å². The number of carbonyl (C=O) groups excluding carboxylic acids is 3. The van der Waals surface area contributed by atoms with E-state index in [-0.39, 0.29) is 22.7 Å². The number of amides is 1. The smallest absolute Gasteiger partial charge is 0.364 e. The van der Waals surface area contributed by atoms with Crippen molar-refractivity contribution in [2.45, 2.75) is 26.1 Å². The Labute approximate surface area is 169 Å². The van der Waals surface area contributed by atoms with Crippen LogP contribution < -0.4 is 5.32 Å². The van der Waals surface area contributed by atoms with Crippen molar-refractivity contribution in [3.05, 3.63) is 41.0 Å². The molecule has 2 aliphatic carbocycles. The molecule has 0 fully saturated rings. The van der Waals surface area contributed by atoms with E-state index in [1.165, 1.54) is 45.4 Å². The van der Waals surface area contributed by atoms with Gasteiger partial charge in [0.25, 0.3) is 5.34 Å². The Morgan fingerprint density at radius 3 is 1.76 bits per heavy atom. The Hall–Kier alpha value is -2.83. The average molecular weight is 420 g/mol. The van der Waals surface area contributed by atoms with Gasteiger partial charge in [-0.3, -0.25) is 4.79 Å². The van der Waals surface area contributed by atoms with Gasteiger partial charge in [-0.2, -0.15) is 0 Å². The average Bonchev–Trinajstić information content (AvgIpc) is 2.82. The van der Waals surface area contributed by atoms with E-state index in [0.29, 0.717) is 16.7 Å². The summed E-state index contributed by atoms with van der Waals surface area (Å²) in [5.74, 6) is -2.36. The van der Waals surface area contributed by atoms with Crippen LogP contribution in [-0.4, -0.2) is 37.2 Å². The second kappa shape index (κ2) is 8.68. The topological polar surface area (TPSA) is 119 Å². The van der Waals surface area contributed by atoms with Crippen molar-refractivity contribution in [2.75, 3.05) is 19.5 Å². The summed E-state index contributed by atoms with van der Waals surface area (Å²) in [4.78, 5) is 36.7. The lowest BCUT2D eigenvalue weighted by molar-refractivity contribution is -0.114. The molecule has 0 saturated carbocycles. The standard InChI is InChI=1S/C20H22NO7P/c1-10(2)20(25,29-26)12-6-8-13-14(9-7-12)16(19(24)28-5)17(21-11(3)22)15(13)18(23)27-4/h6-10,25H,1-5H3,(H,21,22)/p+1. The van der Waals surface area contributed by atoms with E-state index in [2.05, 4.69) is 5.32 Å². The van der Waals surface area contributed by atoms with E-state index in [0.717, 1.165) is 0 Å². The van der Waals surface area contributed by atoms with Gasteiger partial charge in [-0.1, -0.05) is 42.7 Å². The molecule has 0 radical (unpaired) electrons. The minimum Gasteiger partial charge on any atom is -0.465 e. The Kier molecular flexibility index (Phi) is 6.72. The molecule has 0 aliphatic heterocycles. The van der Waals surface area contributed by atoms with Gasteiger partial charge in [0.05, 0.1) is 31.0 Å². The Morgan fingerprint density at radius 2 is 1.45 bits per heavy atom. The number of hydrogen-bond acceptors (Lipinski definition) is 7. The number of fused-ring (bicyclic) bond motifs is 1. The van der Waals surface area contributed by atoms with Crippen LogP contribution in [0, 0.1) is 5.92 Å². The van der Waals surface area contributed by atoms with Gasteiger partial charge < -0.3 is 19.9 Å². The second-order valence-electron chi connectivity index (χ2n) is 6.76. The second-order valence-corrected chi connectivity index (χ2v) is 7.73. The summed E-state index contributed by atoms with van der Waals surface area (Å²) in [6, 6.07) is 6.08. The molecular weight excluding hydrogens is 397 g/mol. The normalized spacial score (nSPS) is 13.2. The lowest BCUT2D eigenvalue weighted by atomic mass is 9.99. The third-order valence-electron chi connectivity index (χ3n) is 4.70. The molecule has 2 rings (SSSR count). The van der Waals surface area contributed by atoms with E-state index in [1.807, 2.05) is 0 Å².